The van der Waals surface area contributed by atoms with E-state index in [4.69, 9.17) is 4.74 Å². The summed E-state index contributed by atoms with van der Waals surface area (Å²) in [5.74, 6) is -0.559. The Morgan fingerprint density at radius 1 is 1.47 bits per heavy atom. The minimum absolute atomic E-state index is 0.0918. The largest absolute Gasteiger partial charge is 0.459 e. The van der Waals surface area contributed by atoms with Gasteiger partial charge in [0.15, 0.2) is 6.10 Å². The summed E-state index contributed by atoms with van der Waals surface area (Å²) in [5.41, 5.74) is 0.573. The van der Waals surface area contributed by atoms with Crippen molar-refractivity contribution in [3.8, 4) is 0 Å². The lowest BCUT2D eigenvalue weighted by Gasteiger charge is -2.15. The Balaban J connectivity index is 1.92. The highest BCUT2D eigenvalue weighted by Crippen LogP contribution is 2.17. The molecular weight excluding hydrogens is 218 g/mol. The summed E-state index contributed by atoms with van der Waals surface area (Å²) < 4.78 is 5.27. The highest BCUT2D eigenvalue weighted by atomic mass is 16.6. The second-order valence-corrected chi connectivity index (χ2v) is 4.42. The molecule has 0 radical (unpaired) electrons. The van der Waals surface area contributed by atoms with Gasteiger partial charge >= 0.3 is 5.97 Å². The maximum Gasteiger partial charge on any atom is 0.339 e. The Hall–Kier alpha value is -1.39. The fraction of sp³-hybridized carbons (Fsp3) is 0.462. The number of hydrogen-bond acceptors (Lipinski definition) is 4. The molecule has 0 saturated carbocycles. The average Bonchev–Trinajstić information content (AvgIpc) is 2.75. The molecule has 1 aliphatic rings. The first-order valence-corrected chi connectivity index (χ1v) is 5.79. The van der Waals surface area contributed by atoms with Crippen LogP contribution in [0.1, 0.15) is 18.1 Å². The number of likely N-dealkylation sites (N-methyl/N-ethyl adjacent to an activating group) is 1. The van der Waals surface area contributed by atoms with Gasteiger partial charge in [0.25, 0.3) is 0 Å². The van der Waals surface area contributed by atoms with Gasteiger partial charge in [0, 0.05) is 13.1 Å². The molecular formula is C13H17NO3. The number of carbonyl (C=O) groups is 1. The lowest BCUT2D eigenvalue weighted by Crippen LogP contribution is -2.25. The van der Waals surface area contributed by atoms with Crippen molar-refractivity contribution < 1.29 is 14.6 Å². The van der Waals surface area contributed by atoms with Crippen LogP contribution in [-0.4, -0.2) is 42.2 Å². The fourth-order valence-corrected chi connectivity index (χ4v) is 1.99. The predicted octanol–water partition coefficient (Wildman–Crippen LogP) is 0.967. The van der Waals surface area contributed by atoms with Crippen LogP contribution in [0.4, 0.5) is 0 Å². The molecule has 0 spiro atoms. The average molecular weight is 235 g/mol. The van der Waals surface area contributed by atoms with Gasteiger partial charge in [-0.25, -0.2) is 4.79 Å². The third-order valence-corrected chi connectivity index (χ3v) is 2.97. The second kappa shape index (κ2) is 5.29. The highest BCUT2D eigenvalue weighted by Gasteiger charge is 2.26. The molecule has 1 heterocycles. The molecule has 1 fully saturated rings. The number of hydrogen-bond donors (Lipinski definition) is 1. The summed E-state index contributed by atoms with van der Waals surface area (Å²) in [6.07, 6.45) is -0.433. The minimum atomic E-state index is -1.18. The number of aliphatic hydroxyl groups excluding tert-OH is 1. The molecule has 1 aromatic rings. The first kappa shape index (κ1) is 12.1. The molecule has 1 aliphatic heterocycles. The van der Waals surface area contributed by atoms with E-state index in [0.29, 0.717) is 5.56 Å². The summed E-state index contributed by atoms with van der Waals surface area (Å²) in [6, 6.07) is 8.84. The molecule has 1 N–H and O–H groups in total. The predicted molar refractivity (Wildman–Crippen MR) is 63.4 cm³/mol. The molecule has 4 heteroatoms. The van der Waals surface area contributed by atoms with Gasteiger partial charge in [0.1, 0.15) is 6.10 Å². The van der Waals surface area contributed by atoms with Crippen molar-refractivity contribution in [2.45, 2.75) is 18.6 Å². The lowest BCUT2D eigenvalue weighted by atomic mass is 10.1. The molecule has 0 bridgehead atoms. The van der Waals surface area contributed by atoms with E-state index < -0.39 is 12.1 Å². The van der Waals surface area contributed by atoms with Gasteiger partial charge in [-0.05, 0) is 19.0 Å². The van der Waals surface area contributed by atoms with Gasteiger partial charge < -0.3 is 14.7 Å². The van der Waals surface area contributed by atoms with Gasteiger partial charge in [-0.1, -0.05) is 30.3 Å². The summed E-state index contributed by atoms with van der Waals surface area (Å²) in [5, 5.41) is 9.83. The fourth-order valence-electron chi connectivity index (χ4n) is 1.99. The van der Waals surface area contributed by atoms with Gasteiger partial charge in [-0.15, -0.1) is 0 Å². The van der Waals surface area contributed by atoms with Crippen LogP contribution in [0.2, 0.25) is 0 Å². The van der Waals surface area contributed by atoms with Crippen LogP contribution in [0, 0.1) is 0 Å². The number of nitrogens with zero attached hydrogens (tertiary/aromatic N) is 1. The van der Waals surface area contributed by atoms with Crippen LogP contribution in [0.5, 0.6) is 0 Å². The number of rotatable bonds is 3. The molecule has 1 unspecified atom stereocenters. The molecule has 0 amide bonds. The van der Waals surface area contributed by atoms with Crippen molar-refractivity contribution in [2.24, 2.45) is 0 Å². The van der Waals surface area contributed by atoms with E-state index in [1.165, 1.54) is 0 Å². The summed E-state index contributed by atoms with van der Waals surface area (Å²) in [7, 11) is 1.99. The maximum atomic E-state index is 11.7. The summed E-state index contributed by atoms with van der Waals surface area (Å²) in [4.78, 5) is 13.8. The monoisotopic (exact) mass is 235 g/mol. The Bertz CT molecular complexity index is 380. The topological polar surface area (TPSA) is 49.8 Å². The lowest BCUT2D eigenvalue weighted by molar-refractivity contribution is -0.158. The van der Waals surface area contributed by atoms with Crippen LogP contribution in [-0.2, 0) is 9.53 Å². The molecule has 1 saturated heterocycles. The standard InChI is InChI=1S/C13H17NO3/c1-14-8-7-11(9-14)17-13(16)12(15)10-5-3-2-4-6-10/h2-6,11-12,15H,7-9H2,1H3/t11-,12?/m0/s1. The van der Waals surface area contributed by atoms with Crippen molar-refractivity contribution in [3.05, 3.63) is 35.9 Å². The molecule has 2 rings (SSSR count). The zero-order valence-electron chi connectivity index (χ0n) is 9.87. The molecule has 92 valence electrons. The van der Waals surface area contributed by atoms with E-state index >= 15 is 0 Å². The Kier molecular flexibility index (Phi) is 3.76. The number of esters is 1. The van der Waals surface area contributed by atoms with E-state index in [1.54, 1.807) is 24.3 Å². The number of likely N-dealkylation sites (tertiary alicyclic amines) is 1. The Labute approximate surface area is 101 Å². The van der Waals surface area contributed by atoms with Crippen LogP contribution in [0.15, 0.2) is 30.3 Å². The van der Waals surface area contributed by atoms with E-state index in [0.717, 1.165) is 19.5 Å². The van der Waals surface area contributed by atoms with Crippen LogP contribution < -0.4 is 0 Å². The van der Waals surface area contributed by atoms with Crippen LogP contribution in [0.3, 0.4) is 0 Å². The summed E-state index contributed by atoms with van der Waals surface area (Å²) in [6.45, 7) is 1.67. The molecule has 4 nitrogen and oxygen atoms in total. The van der Waals surface area contributed by atoms with E-state index in [9.17, 15) is 9.90 Å². The number of ether oxygens (including phenoxy) is 1. The van der Waals surface area contributed by atoms with Crippen molar-refractivity contribution in [1.29, 1.82) is 0 Å². The zero-order chi connectivity index (χ0) is 12.3. The maximum absolute atomic E-state index is 11.7. The summed E-state index contributed by atoms with van der Waals surface area (Å²) >= 11 is 0. The molecule has 0 aliphatic carbocycles. The van der Waals surface area contributed by atoms with Gasteiger partial charge in [0.2, 0.25) is 0 Å². The molecule has 0 aromatic heterocycles. The third kappa shape index (κ3) is 3.05. The highest BCUT2D eigenvalue weighted by molar-refractivity contribution is 5.76. The molecule has 2 atom stereocenters. The number of benzene rings is 1. The van der Waals surface area contributed by atoms with Crippen LogP contribution >= 0.6 is 0 Å². The van der Waals surface area contributed by atoms with Crippen molar-refractivity contribution in [3.63, 3.8) is 0 Å². The Morgan fingerprint density at radius 3 is 2.76 bits per heavy atom. The molecule has 1 aromatic carbocycles. The number of aliphatic hydroxyl groups is 1. The SMILES string of the molecule is CN1CC[C@H](OC(=O)C(O)c2ccccc2)C1. The van der Waals surface area contributed by atoms with Crippen molar-refractivity contribution in [2.75, 3.05) is 20.1 Å². The van der Waals surface area contributed by atoms with Crippen molar-refractivity contribution >= 4 is 5.97 Å². The van der Waals surface area contributed by atoms with Gasteiger partial charge in [-0.2, -0.15) is 0 Å². The third-order valence-electron chi connectivity index (χ3n) is 2.97. The van der Waals surface area contributed by atoms with E-state index in [-0.39, 0.29) is 6.10 Å². The zero-order valence-corrected chi connectivity index (χ0v) is 9.87. The Morgan fingerprint density at radius 2 is 2.18 bits per heavy atom. The van der Waals surface area contributed by atoms with E-state index in [1.807, 2.05) is 13.1 Å². The number of carbonyl (C=O) groups excluding carboxylic acids is 1. The first-order valence-electron chi connectivity index (χ1n) is 5.79. The van der Waals surface area contributed by atoms with Crippen molar-refractivity contribution in [1.82, 2.24) is 4.90 Å². The van der Waals surface area contributed by atoms with Gasteiger partial charge in [-0.3, -0.25) is 0 Å². The normalized spacial score (nSPS) is 22.4. The van der Waals surface area contributed by atoms with Crippen LogP contribution in [0.25, 0.3) is 0 Å². The smallest absolute Gasteiger partial charge is 0.339 e. The first-order chi connectivity index (χ1) is 8.16. The van der Waals surface area contributed by atoms with E-state index in [2.05, 4.69) is 4.90 Å². The van der Waals surface area contributed by atoms with Gasteiger partial charge in [0.05, 0.1) is 0 Å². The minimum Gasteiger partial charge on any atom is -0.459 e. The quantitative estimate of drug-likeness (QED) is 0.793. The molecule has 17 heavy (non-hydrogen) atoms. The second-order valence-electron chi connectivity index (χ2n) is 4.42.